The standard InChI is InChI=1S/3C32H68FP/c3*1-5-9-13-17-18-19-20-21-22-23-24-28-32-34(33,29-25-14-10-6-2,30-26-15-11-7-3)31-27-16-12-8-4/h3*5-32H2,1-4H3. The van der Waals surface area contributed by atoms with Gasteiger partial charge in [-0.1, -0.05) is 40.0 Å². The van der Waals surface area contributed by atoms with Crippen LogP contribution in [0, 0.1) is 0 Å². The van der Waals surface area contributed by atoms with E-state index in [4.69, 9.17) is 0 Å². The van der Waals surface area contributed by atoms with E-state index in [-0.39, 0.29) is 0 Å². The Kier molecular flexibility index (Phi) is 82.8. The monoisotopic (exact) mass is 1510 g/mol. The number of hydrogen-bond acceptors (Lipinski definition) is 0. The van der Waals surface area contributed by atoms with Crippen molar-refractivity contribution in [3.8, 4) is 0 Å². The molecule has 0 nitrogen and oxygen atoms in total. The van der Waals surface area contributed by atoms with Crippen molar-refractivity contribution in [2.45, 2.75) is 545 Å². The van der Waals surface area contributed by atoms with Crippen LogP contribution in [0.15, 0.2) is 0 Å². The Morgan fingerprint density at radius 1 is 0.0980 bits per heavy atom. The van der Waals surface area contributed by atoms with Crippen LogP contribution in [0.4, 0.5) is 12.6 Å². The van der Waals surface area contributed by atoms with E-state index in [9.17, 15) is 0 Å². The van der Waals surface area contributed by atoms with Gasteiger partial charge in [-0.15, -0.1) is 0 Å². The summed E-state index contributed by atoms with van der Waals surface area (Å²) < 4.78 is 52.2. The minimum absolute atomic E-state index is 0.960. The second-order valence-corrected chi connectivity index (χ2v) is 51.6. The van der Waals surface area contributed by atoms with Gasteiger partial charge in [0.25, 0.3) is 0 Å². The van der Waals surface area contributed by atoms with Gasteiger partial charge in [-0.25, -0.2) is 0 Å². The van der Waals surface area contributed by atoms with Gasteiger partial charge in [0.1, 0.15) is 0 Å². The maximum absolute atomic E-state index is 17.4. The molecular weight excluding hydrogens is 1300 g/mol. The average molecular weight is 1510 g/mol. The van der Waals surface area contributed by atoms with Gasteiger partial charge in [-0.05, 0) is 0 Å². The second-order valence-electron chi connectivity index (χ2n) is 35.4. The fraction of sp³-hybridized carbons (Fsp3) is 1.00. The topological polar surface area (TPSA) is 0 Å². The third kappa shape index (κ3) is 69.1. The van der Waals surface area contributed by atoms with E-state index in [1.807, 2.05) is 0 Å². The fourth-order valence-electron chi connectivity index (χ4n) is 17.5. The molecule has 0 bridgehead atoms. The van der Waals surface area contributed by atoms with Gasteiger partial charge in [0.2, 0.25) is 0 Å². The molecule has 0 aliphatic heterocycles. The number of halogens is 3. The summed E-state index contributed by atoms with van der Waals surface area (Å²) in [4.78, 5) is 0. The average Bonchev–Trinajstić information content (AvgIpc) is 0.807. The molecule has 0 aromatic carbocycles. The van der Waals surface area contributed by atoms with Crippen molar-refractivity contribution in [3.05, 3.63) is 0 Å². The predicted octanol–water partition coefficient (Wildman–Crippen LogP) is 38.6. The number of unbranched alkanes of at least 4 members (excludes halogenated alkanes) is 60. The quantitative estimate of drug-likeness (QED) is 0.0421. The molecule has 102 heavy (non-hydrogen) atoms. The van der Waals surface area contributed by atoms with Crippen LogP contribution in [0.2, 0.25) is 0 Å². The molecule has 6 heteroatoms. The van der Waals surface area contributed by atoms with Gasteiger partial charge in [0.05, 0.1) is 0 Å². The van der Waals surface area contributed by atoms with Gasteiger partial charge < -0.3 is 0 Å². The SMILES string of the molecule is CCCCCCCCCCCCCCP(F)(CCCCCC)(CCCCCC)CCCCCC.CCCCCCCCCCCCCCP(F)(CCCCCC)(CCCCCC)CCCCCC.CCCCCCCCCCCCCCP(F)(CCCCCC)(CCCCCC)CCCCCC. The first-order chi connectivity index (χ1) is 49.6. The van der Waals surface area contributed by atoms with E-state index in [2.05, 4.69) is 83.1 Å². The minimum atomic E-state index is -3.04. The van der Waals surface area contributed by atoms with E-state index in [0.717, 1.165) is 132 Å². The van der Waals surface area contributed by atoms with E-state index in [1.54, 1.807) is 0 Å². The zero-order valence-corrected chi connectivity index (χ0v) is 76.6. The van der Waals surface area contributed by atoms with E-state index in [1.165, 1.54) is 405 Å². The Hall–Kier alpha value is 1.08. The first-order valence-electron chi connectivity index (χ1n) is 48.8. The molecule has 0 saturated carbocycles. The molecule has 0 saturated heterocycles. The zero-order chi connectivity index (χ0) is 75.7. The molecule has 624 valence electrons. The Morgan fingerprint density at radius 2 is 0.157 bits per heavy atom. The summed E-state index contributed by atoms with van der Waals surface area (Å²) >= 11 is 0. The molecule has 0 aliphatic rings. The van der Waals surface area contributed by atoms with Gasteiger partial charge in [-0.2, -0.15) is 0 Å². The van der Waals surface area contributed by atoms with Gasteiger partial charge >= 0.3 is 613 Å². The maximum atomic E-state index is 17.4. The van der Waals surface area contributed by atoms with Crippen molar-refractivity contribution < 1.29 is 12.6 Å². The van der Waals surface area contributed by atoms with Crippen LogP contribution in [0.1, 0.15) is 545 Å². The third-order valence-corrected chi connectivity index (χ3v) is 42.1. The van der Waals surface area contributed by atoms with Crippen molar-refractivity contribution >= 4 is 20.7 Å². The fourth-order valence-corrected chi connectivity index (χ4v) is 33.7. The Morgan fingerprint density at radius 3 is 0.235 bits per heavy atom. The molecule has 0 radical (unpaired) electrons. The van der Waals surface area contributed by atoms with E-state index < -0.39 is 20.7 Å². The molecule has 0 fully saturated rings. The van der Waals surface area contributed by atoms with Gasteiger partial charge in [-0.3, -0.25) is 0 Å². The number of hydrogen-bond donors (Lipinski definition) is 0. The Balaban J connectivity index is -0.00000144. The first kappa shape index (κ1) is 107. The van der Waals surface area contributed by atoms with Crippen LogP contribution in [0.5, 0.6) is 0 Å². The third-order valence-electron chi connectivity index (χ3n) is 24.8. The Labute approximate surface area is 648 Å². The van der Waals surface area contributed by atoms with Crippen molar-refractivity contribution in [2.75, 3.05) is 73.9 Å². The summed E-state index contributed by atoms with van der Waals surface area (Å²) in [5.41, 5.74) is 0. The van der Waals surface area contributed by atoms with Crippen molar-refractivity contribution in [3.63, 3.8) is 0 Å². The molecule has 0 amide bonds. The van der Waals surface area contributed by atoms with Crippen LogP contribution >= 0.6 is 20.7 Å². The second kappa shape index (κ2) is 78.8. The molecule has 0 unspecified atom stereocenters. The normalized spacial score (nSPS) is 13.3. The van der Waals surface area contributed by atoms with Crippen molar-refractivity contribution in [1.29, 1.82) is 0 Å². The molecule has 0 aromatic rings. The van der Waals surface area contributed by atoms with Crippen molar-refractivity contribution in [1.82, 2.24) is 0 Å². The molecule has 0 spiro atoms. The van der Waals surface area contributed by atoms with E-state index >= 15 is 12.6 Å². The zero-order valence-electron chi connectivity index (χ0n) is 73.9. The summed E-state index contributed by atoms with van der Waals surface area (Å²) in [6.45, 7) is 18.2. The first-order valence-corrected chi connectivity index (χ1v) is 57.4. The van der Waals surface area contributed by atoms with Crippen molar-refractivity contribution in [2.24, 2.45) is 0 Å². The van der Waals surface area contributed by atoms with E-state index in [0.29, 0.717) is 0 Å². The predicted molar refractivity (Wildman–Crippen MR) is 483 cm³/mol. The molecular formula is C96H204F3P3. The number of rotatable bonds is 84. The molecule has 0 heterocycles. The molecule has 0 N–H and O–H groups in total. The van der Waals surface area contributed by atoms with Crippen LogP contribution in [0.3, 0.4) is 0 Å². The summed E-state index contributed by atoms with van der Waals surface area (Å²) in [6, 6.07) is 0. The summed E-state index contributed by atoms with van der Waals surface area (Å²) in [7, 11) is 0. The molecule has 0 aliphatic carbocycles. The molecule has 0 rings (SSSR count). The van der Waals surface area contributed by atoms with Crippen LogP contribution in [-0.4, -0.2) is 73.9 Å². The van der Waals surface area contributed by atoms with Crippen LogP contribution in [-0.2, 0) is 0 Å². The summed E-state index contributed by atoms with van der Waals surface area (Å²) in [5, 5.41) is 0. The van der Waals surface area contributed by atoms with Crippen LogP contribution in [0.25, 0.3) is 0 Å². The Bertz CT molecular complexity index is 1300. The van der Waals surface area contributed by atoms with Gasteiger partial charge in [0.15, 0.2) is 0 Å². The summed E-state index contributed by atoms with van der Waals surface area (Å²) in [5.74, 6) is 0. The molecule has 0 aromatic heterocycles. The summed E-state index contributed by atoms with van der Waals surface area (Å²) in [6.07, 6.45) is 105. The van der Waals surface area contributed by atoms with Crippen LogP contribution < -0.4 is 0 Å². The molecule has 0 atom stereocenters. The van der Waals surface area contributed by atoms with Gasteiger partial charge in [0, 0.05) is 0 Å².